The van der Waals surface area contributed by atoms with Crippen molar-refractivity contribution in [3.63, 3.8) is 0 Å². The average molecular weight is 242 g/mol. The molecule has 0 saturated carbocycles. The number of phenolic OH excluding ortho intramolecular Hbond substituents is 1. The zero-order valence-corrected chi connectivity index (χ0v) is 10.3. The molecule has 0 radical (unpaired) electrons. The van der Waals surface area contributed by atoms with E-state index in [1.54, 1.807) is 6.07 Å². The molecule has 0 heterocycles. The van der Waals surface area contributed by atoms with Gasteiger partial charge in [-0.05, 0) is 37.6 Å². The standard InChI is InChI=1S/C15H14O3/c1-9-5-10(2)7-12(6-9)13-4-3-11(15(17)18)8-14(13)16/h3-8,16H,1-2H3,(H,17,18). The Hall–Kier alpha value is -2.29. The van der Waals surface area contributed by atoms with Crippen LogP contribution in [0.5, 0.6) is 5.75 Å². The second-order valence-corrected chi connectivity index (χ2v) is 4.41. The maximum absolute atomic E-state index is 10.8. The van der Waals surface area contributed by atoms with E-state index in [1.807, 2.05) is 32.0 Å². The summed E-state index contributed by atoms with van der Waals surface area (Å²) in [4.78, 5) is 10.8. The average Bonchev–Trinajstić information content (AvgIpc) is 2.27. The highest BCUT2D eigenvalue weighted by Gasteiger charge is 2.09. The molecule has 3 heteroatoms. The van der Waals surface area contributed by atoms with Crippen molar-refractivity contribution in [1.29, 1.82) is 0 Å². The minimum absolute atomic E-state index is 0.0140. The Labute approximate surface area is 105 Å². The summed E-state index contributed by atoms with van der Waals surface area (Å²) in [5.41, 5.74) is 3.83. The lowest BCUT2D eigenvalue weighted by molar-refractivity contribution is 0.0696. The molecule has 2 N–H and O–H groups in total. The van der Waals surface area contributed by atoms with Crippen LogP contribution in [-0.2, 0) is 0 Å². The number of phenols is 1. The zero-order chi connectivity index (χ0) is 13.3. The summed E-state index contributed by atoms with van der Waals surface area (Å²) in [5, 5.41) is 18.8. The van der Waals surface area contributed by atoms with Gasteiger partial charge in [0.25, 0.3) is 0 Å². The van der Waals surface area contributed by atoms with Crippen LogP contribution in [0.15, 0.2) is 36.4 Å². The highest BCUT2D eigenvalue weighted by atomic mass is 16.4. The van der Waals surface area contributed by atoms with Gasteiger partial charge in [-0.15, -0.1) is 0 Å². The summed E-state index contributed by atoms with van der Waals surface area (Å²) in [6.45, 7) is 3.97. The maximum atomic E-state index is 10.8. The second kappa shape index (κ2) is 4.53. The molecular weight excluding hydrogens is 228 g/mol. The van der Waals surface area contributed by atoms with Crippen molar-refractivity contribution in [3.05, 3.63) is 53.1 Å². The van der Waals surface area contributed by atoms with E-state index in [9.17, 15) is 9.90 Å². The van der Waals surface area contributed by atoms with E-state index in [0.717, 1.165) is 16.7 Å². The van der Waals surface area contributed by atoms with Crippen molar-refractivity contribution in [2.24, 2.45) is 0 Å². The van der Waals surface area contributed by atoms with Crippen molar-refractivity contribution < 1.29 is 15.0 Å². The molecule has 0 aliphatic rings. The van der Waals surface area contributed by atoms with E-state index in [-0.39, 0.29) is 11.3 Å². The van der Waals surface area contributed by atoms with Crippen LogP contribution in [0.4, 0.5) is 0 Å². The Morgan fingerprint density at radius 3 is 2.11 bits per heavy atom. The van der Waals surface area contributed by atoms with E-state index in [1.165, 1.54) is 12.1 Å². The van der Waals surface area contributed by atoms with Crippen LogP contribution in [0.1, 0.15) is 21.5 Å². The van der Waals surface area contributed by atoms with E-state index >= 15 is 0 Å². The molecule has 3 nitrogen and oxygen atoms in total. The fourth-order valence-corrected chi connectivity index (χ4v) is 2.04. The summed E-state index contributed by atoms with van der Waals surface area (Å²) in [7, 11) is 0. The number of aromatic hydroxyl groups is 1. The molecule has 2 aromatic rings. The third kappa shape index (κ3) is 2.35. The number of hydrogen-bond acceptors (Lipinski definition) is 2. The van der Waals surface area contributed by atoms with Gasteiger partial charge < -0.3 is 10.2 Å². The summed E-state index contributed by atoms with van der Waals surface area (Å²) in [5.74, 6) is -1.06. The third-order valence-corrected chi connectivity index (χ3v) is 2.78. The quantitative estimate of drug-likeness (QED) is 0.848. The first-order valence-corrected chi connectivity index (χ1v) is 5.62. The van der Waals surface area contributed by atoms with Crippen LogP contribution >= 0.6 is 0 Å². The van der Waals surface area contributed by atoms with Crippen LogP contribution in [0.25, 0.3) is 11.1 Å². The minimum Gasteiger partial charge on any atom is -0.507 e. The van der Waals surface area contributed by atoms with E-state index in [4.69, 9.17) is 5.11 Å². The number of aryl methyl sites for hydroxylation is 2. The predicted molar refractivity (Wildman–Crippen MR) is 70.0 cm³/mol. The molecule has 0 fully saturated rings. The van der Waals surface area contributed by atoms with Gasteiger partial charge in [0.15, 0.2) is 0 Å². The molecule has 0 aliphatic heterocycles. The Morgan fingerprint density at radius 2 is 1.61 bits per heavy atom. The van der Waals surface area contributed by atoms with E-state index in [0.29, 0.717) is 5.56 Å². The number of aromatic carboxylic acids is 1. The Bertz CT molecular complexity index is 595. The molecule has 0 saturated heterocycles. The number of carboxylic acids is 1. The highest BCUT2D eigenvalue weighted by molar-refractivity contribution is 5.89. The van der Waals surface area contributed by atoms with Crippen molar-refractivity contribution >= 4 is 5.97 Å². The van der Waals surface area contributed by atoms with Crippen LogP contribution < -0.4 is 0 Å². The monoisotopic (exact) mass is 242 g/mol. The SMILES string of the molecule is Cc1cc(C)cc(-c2ccc(C(=O)O)cc2O)c1. The Balaban J connectivity index is 2.54. The molecule has 2 aromatic carbocycles. The van der Waals surface area contributed by atoms with Gasteiger partial charge in [0, 0.05) is 5.56 Å². The first kappa shape index (κ1) is 12.2. The normalized spacial score (nSPS) is 10.3. The van der Waals surface area contributed by atoms with Crippen LogP contribution in [-0.4, -0.2) is 16.2 Å². The molecule has 92 valence electrons. The van der Waals surface area contributed by atoms with Crippen molar-refractivity contribution in [1.82, 2.24) is 0 Å². The summed E-state index contributed by atoms with van der Waals surface area (Å²) in [6.07, 6.45) is 0. The van der Waals surface area contributed by atoms with Crippen molar-refractivity contribution in [2.75, 3.05) is 0 Å². The molecule has 0 unspecified atom stereocenters. The number of rotatable bonds is 2. The van der Waals surface area contributed by atoms with Gasteiger partial charge in [-0.3, -0.25) is 0 Å². The van der Waals surface area contributed by atoms with Crippen molar-refractivity contribution in [2.45, 2.75) is 13.8 Å². The molecule has 0 aliphatic carbocycles. The van der Waals surface area contributed by atoms with Gasteiger partial charge in [-0.2, -0.15) is 0 Å². The lowest BCUT2D eigenvalue weighted by Gasteiger charge is -2.08. The van der Waals surface area contributed by atoms with E-state index in [2.05, 4.69) is 0 Å². The lowest BCUT2D eigenvalue weighted by Crippen LogP contribution is -1.95. The van der Waals surface area contributed by atoms with Crippen LogP contribution in [0.3, 0.4) is 0 Å². The molecule has 0 spiro atoms. The largest absolute Gasteiger partial charge is 0.507 e. The number of carbonyl (C=O) groups is 1. The molecule has 18 heavy (non-hydrogen) atoms. The lowest BCUT2D eigenvalue weighted by atomic mass is 9.99. The summed E-state index contributed by atoms with van der Waals surface area (Å²) in [6, 6.07) is 10.4. The number of benzene rings is 2. The minimum atomic E-state index is -1.04. The van der Waals surface area contributed by atoms with E-state index < -0.39 is 5.97 Å². The topological polar surface area (TPSA) is 57.5 Å². The number of hydrogen-bond donors (Lipinski definition) is 2. The smallest absolute Gasteiger partial charge is 0.335 e. The van der Waals surface area contributed by atoms with Gasteiger partial charge in [-0.25, -0.2) is 4.79 Å². The fraction of sp³-hybridized carbons (Fsp3) is 0.133. The first-order valence-electron chi connectivity index (χ1n) is 5.62. The second-order valence-electron chi connectivity index (χ2n) is 4.41. The van der Waals surface area contributed by atoms with Gasteiger partial charge in [-0.1, -0.05) is 29.3 Å². The molecule has 0 bridgehead atoms. The molecule has 0 amide bonds. The fourth-order valence-electron chi connectivity index (χ4n) is 2.04. The Kier molecular flexibility index (Phi) is 3.06. The third-order valence-electron chi connectivity index (χ3n) is 2.78. The Morgan fingerprint density at radius 1 is 1.00 bits per heavy atom. The zero-order valence-electron chi connectivity index (χ0n) is 10.3. The van der Waals surface area contributed by atoms with Gasteiger partial charge in [0.05, 0.1) is 5.56 Å². The first-order chi connectivity index (χ1) is 8.47. The summed E-state index contributed by atoms with van der Waals surface area (Å²) < 4.78 is 0. The number of carboxylic acid groups (broad SMARTS) is 1. The maximum Gasteiger partial charge on any atom is 0.335 e. The molecule has 0 atom stereocenters. The predicted octanol–water partition coefficient (Wildman–Crippen LogP) is 3.37. The van der Waals surface area contributed by atoms with Crippen molar-refractivity contribution in [3.8, 4) is 16.9 Å². The highest BCUT2D eigenvalue weighted by Crippen LogP contribution is 2.31. The molecule has 0 aromatic heterocycles. The molecule has 2 rings (SSSR count). The van der Waals surface area contributed by atoms with Gasteiger partial charge in [0.2, 0.25) is 0 Å². The molecular formula is C15H14O3. The van der Waals surface area contributed by atoms with Crippen LogP contribution in [0.2, 0.25) is 0 Å². The van der Waals surface area contributed by atoms with Gasteiger partial charge >= 0.3 is 5.97 Å². The summed E-state index contributed by atoms with van der Waals surface area (Å²) >= 11 is 0. The van der Waals surface area contributed by atoms with Gasteiger partial charge in [0.1, 0.15) is 5.75 Å². The van der Waals surface area contributed by atoms with Crippen LogP contribution in [0, 0.1) is 13.8 Å².